The third-order valence-corrected chi connectivity index (χ3v) is 4.10. The van der Waals surface area contributed by atoms with E-state index in [0.717, 1.165) is 12.0 Å². The SMILES string of the molecule is O=C1N[C@@H]2OCC[C@@H]2[C@@H](c2c(Cl)cccc2Cl)N1. The number of rotatable bonds is 1. The maximum Gasteiger partial charge on any atom is 0.317 e. The van der Waals surface area contributed by atoms with E-state index in [4.69, 9.17) is 27.9 Å². The predicted molar refractivity (Wildman–Crippen MR) is 68.7 cm³/mol. The molecule has 2 aliphatic heterocycles. The molecule has 2 aliphatic rings. The number of carbonyl (C=O) groups excluding carboxylic acids is 1. The van der Waals surface area contributed by atoms with Crippen molar-refractivity contribution in [1.29, 1.82) is 0 Å². The van der Waals surface area contributed by atoms with Gasteiger partial charge in [0.2, 0.25) is 0 Å². The van der Waals surface area contributed by atoms with E-state index in [0.29, 0.717) is 16.7 Å². The van der Waals surface area contributed by atoms with Gasteiger partial charge in [-0.1, -0.05) is 29.3 Å². The third-order valence-electron chi connectivity index (χ3n) is 3.44. The Labute approximate surface area is 115 Å². The fourth-order valence-corrected chi connectivity index (χ4v) is 3.24. The molecule has 2 saturated heterocycles. The van der Waals surface area contributed by atoms with Gasteiger partial charge in [0.15, 0.2) is 0 Å². The molecule has 18 heavy (non-hydrogen) atoms. The van der Waals surface area contributed by atoms with Crippen molar-refractivity contribution in [3.05, 3.63) is 33.8 Å². The van der Waals surface area contributed by atoms with E-state index in [1.165, 1.54) is 0 Å². The first kappa shape index (κ1) is 12.1. The second kappa shape index (κ2) is 4.61. The molecule has 0 spiro atoms. The molecule has 4 nitrogen and oxygen atoms in total. The number of nitrogens with one attached hydrogen (secondary N) is 2. The zero-order valence-electron chi connectivity index (χ0n) is 9.45. The summed E-state index contributed by atoms with van der Waals surface area (Å²) in [6.07, 6.45) is 0.612. The van der Waals surface area contributed by atoms with Crippen molar-refractivity contribution >= 4 is 29.2 Å². The summed E-state index contributed by atoms with van der Waals surface area (Å²) in [5.41, 5.74) is 0.774. The highest BCUT2D eigenvalue weighted by Gasteiger charge is 2.42. The molecule has 0 unspecified atom stereocenters. The summed E-state index contributed by atoms with van der Waals surface area (Å²) in [4.78, 5) is 11.6. The zero-order chi connectivity index (χ0) is 12.7. The Morgan fingerprint density at radius 2 is 1.94 bits per heavy atom. The average molecular weight is 287 g/mol. The lowest BCUT2D eigenvalue weighted by Crippen LogP contribution is -2.55. The van der Waals surface area contributed by atoms with Gasteiger partial charge in [0.05, 0.1) is 6.04 Å². The molecule has 0 saturated carbocycles. The lowest BCUT2D eigenvalue weighted by atomic mass is 9.89. The second-order valence-electron chi connectivity index (χ2n) is 4.47. The number of benzene rings is 1. The fourth-order valence-electron chi connectivity index (χ4n) is 2.61. The van der Waals surface area contributed by atoms with Crippen LogP contribution in [0.1, 0.15) is 18.0 Å². The minimum Gasteiger partial charge on any atom is -0.358 e. The van der Waals surface area contributed by atoms with E-state index in [9.17, 15) is 4.79 Å². The second-order valence-corrected chi connectivity index (χ2v) is 5.29. The number of urea groups is 1. The van der Waals surface area contributed by atoms with E-state index in [2.05, 4.69) is 10.6 Å². The van der Waals surface area contributed by atoms with Gasteiger partial charge >= 0.3 is 6.03 Å². The molecule has 0 aromatic heterocycles. The van der Waals surface area contributed by atoms with Crippen LogP contribution in [0.15, 0.2) is 18.2 Å². The van der Waals surface area contributed by atoms with Gasteiger partial charge in [-0.2, -0.15) is 0 Å². The van der Waals surface area contributed by atoms with E-state index in [-0.39, 0.29) is 24.2 Å². The van der Waals surface area contributed by atoms with Crippen LogP contribution in [0.4, 0.5) is 4.79 Å². The summed E-state index contributed by atoms with van der Waals surface area (Å²) in [7, 11) is 0. The smallest absolute Gasteiger partial charge is 0.317 e. The summed E-state index contributed by atoms with van der Waals surface area (Å²) in [5.74, 6) is 0.153. The third kappa shape index (κ3) is 1.94. The average Bonchev–Trinajstić information content (AvgIpc) is 2.76. The van der Waals surface area contributed by atoms with Gasteiger partial charge in [0, 0.05) is 28.1 Å². The number of ether oxygens (including phenoxy) is 1. The highest BCUT2D eigenvalue weighted by Crippen LogP contribution is 2.40. The molecule has 6 heteroatoms. The number of hydrogen-bond donors (Lipinski definition) is 2. The molecule has 2 N–H and O–H groups in total. The van der Waals surface area contributed by atoms with Crippen LogP contribution in [-0.2, 0) is 4.74 Å². The van der Waals surface area contributed by atoms with Crippen LogP contribution < -0.4 is 10.6 Å². The highest BCUT2D eigenvalue weighted by atomic mass is 35.5. The summed E-state index contributed by atoms with van der Waals surface area (Å²) in [6, 6.07) is 4.90. The summed E-state index contributed by atoms with van der Waals surface area (Å²) < 4.78 is 5.50. The van der Waals surface area contributed by atoms with E-state index >= 15 is 0 Å². The van der Waals surface area contributed by atoms with Gasteiger partial charge in [-0.15, -0.1) is 0 Å². The first-order chi connectivity index (χ1) is 8.66. The maximum atomic E-state index is 11.6. The van der Waals surface area contributed by atoms with Gasteiger partial charge in [-0.25, -0.2) is 4.79 Å². The lowest BCUT2D eigenvalue weighted by molar-refractivity contribution is 0.0488. The molecular weight excluding hydrogens is 275 g/mol. The summed E-state index contributed by atoms with van der Waals surface area (Å²) >= 11 is 12.4. The molecule has 1 aromatic carbocycles. The molecular formula is C12H12Cl2N2O2. The first-order valence-electron chi connectivity index (χ1n) is 5.79. The summed E-state index contributed by atoms with van der Waals surface area (Å²) in [5, 5.41) is 6.78. The van der Waals surface area contributed by atoms with Crippen LogP contribution in [0.3, 0.4) is 0 Å². The van der Waals surface area contributed by atoms with Crippen molar-refractivity contribution in [3.8, 4) is 0 Å². The molecule has 1 aromatic rings. The minimum atomic E-state index is -0.254. The van der Waals surface area contributed by atoms with Gasteiger partial charge < -0.3 is 15.4 Å². The number of carbonyl (C=O) groups is 1. The van der Waals surface area contributed by atoms with Crippen molar-refractivity contribution in [2.24, 2.45) is 5.92 Å². The summed E-state index contributed by atoms with van der Waals surface area (Å²) in [6.45, 7) is 0.635. The molecule has 96 valence electrons. The van der Waals surface area contributed by atoms with Gasteiger partial charge in [-0.05, 0) is 18.6 Å². The number of fused-ring (bicyclic) bond motifs is 1. The van der Waals surface area contributed by atoms with E-state index in [1.807, 2.05) is 0 Å². The van der Waals surface area contributed by atoms with Crippen molar-refractivity contribution < 1.29 is 9.53 Å². The number of halogens is 2. The van der Waals surface area contributed by atoms with E-state index in [1.54, 1.807) is 18.2 Å². The number of hydrogen-bond acceptors (Lipinski definition) is 2. The highest BCUT2D eigenvalue weighted by molar-refractivity contribution is 6.36. The first-order valence-corrected chi connectivity index (χ1v) is 6.55. The van der Waals surface area contributed by atoms with Gasteiger partial charge in [0.1, 0.15) is 6.23 Å². The molecule has 3 rings (SSSR count). The van der Waals surface area contributed by atoms with Crippen LogP contribution in [0.25, 0.3) is 0 Å². The van der Waals surface area contributed by atoms with Crippen LogP contribution in [0, 0.1) is 5.92 Å². The zero-order valence-corrected chi connectivity index (χ0v) is 11.0. The van der Waals surface area contributed by atoms with Crippen molar-refractivity contribution in [1.82, 2.24) is 10.6 Å². The molecule has 0 bridgehead atoms. The van der Waals surface area contributed by atoms with Crippen molar-refractivity contribution in [2.45, 2.75) is 18.7 Å². The Morgan fingerprint density at radius 1 is 1.22 bits per heavy atom. The van der Waals surface area contributed by atoms with Gasteiger partial charge in [0.25, 0.3) is 0 Å². The molecule has 0 aliphatic carbocycles. The molecule has 2 fully saturated rings. The topological polar surface area (TPSA) is 50.4 Å². The molecule has 3 atom stereocenters. The van der Waals surface area contributed by atoms with Gasteiger partial charge in [-0.3, -0.25) is 0 Å². The fraction of sp³-hybridized carbons (Fsp3) is 0.417. The number of amides is 2. The Hall–Kier alpha value is -0.970. The Bertz CT molecular complexity index is 475. The van der Waals surface area contributed by atoms with Crippen LogP contribution in [0.2, 0.25) is 10.0 Å². The largest absolute Gasteiger partial charge is 0.358 e. The standard InChI is InChI=1S/C12H12Cl2N2O2/c13-7-2-1-3-8(14)9(7)10-6-4-5-18-11(6)16-12(17)15-10/h1-3,6,10-11H,4-5H2,(H2,15,16,17)/t6-,10+,11-/m1/s1. The molecule has 2 amide bonds. The van der Waals surface area contributed by atoms with Crippen LogP contribution >= 0.6 is 23.2 Å². The van der Waals surface area contributed by atoms with Crippen LogP contribution in [-0.4, -0.2) is 18.9 Å². The van der Waals surface area contributed by atoms with Crippen molar-refractivity contribution in [2.75, 3.05) is 6.61 Å². The monoisotopic (exact) mass is 286 g/mol. The van der Waals surface area contributed by atoms with Crippen LogP contribution in [0.5, 0.6) is 0 Å². The Balaban J connectivity index is 2.01. The quantitative estimate of drug-likeness (QED) is 0.834. The maximum absolute atomic E-state index is 11.6. The Morgan fingerprint density at radius 3 is 2.67 bits per heavy atom. The van der Waals surface area contributed by atoms with E-state index < -0.39 is 0 Å². The lowest BCUT2D eigenvalue weighted by Gasteiger charge is -2.35. The Kier molecular flexibility index (Phi) is 3.09. The predicted octanol–water partition coefficient (Wildman–Crippen LogP) is 2.71. The van der Waals surface area contributed by atoms with Crippen molar-refractivity contribution in [3.63, 3.8) is 0 Å². The molecule has 0 radical (unpaired) electrons. The molecule has 2 heterocycles. The minimum absolute atomic E-state index is 0.153. The normalized spacial score (nSPS) is 30.6.